The summed E-state index contributed by atoms with van der Waals surface area (Å²) in [4.78, 5) is 17.3. The lowest BCUT2D eigenvalue weighted by atomic mass is 10.2. The number of anilines is 2. The Labute approximate surface area is 198 Å². The Bertz CT molecular complexity index is 1050. The van der Waals surface area contributed by atoms with Crippen molar-refractivity contribution in [2.75, 3.05) is 49.2 Å². The predicted molar refractivity (Wildman–Crippen MR) is 127 cm³/mol. The monoisotopic (exact) mass is 521 g/mol. The van der Waals surface area contributed by atoms with Crippen LogP contribution >= 0.6 is 39.3 Å². The van der Waals surface area contributed by atoms with Crippen LogP contribution < -0.4 is 10.2 Å². The minimum atomic E-state index is -0.145. The molecule has 1 N–H and O–H groups in total. The quantitative estimate of drug-likeness (QED) is 0.496. The van der Waals surface area contributed by atoms with Crippen LogP contribution in [0, 0.1) is 0 Å². The van der Waals surface area contributed by atoms with Gasteiger partial charge in [0.25, 0.3) is 0 Å². The molecule has 0 saturated carbocycles. The molecule has 0 aliphatic carbocycles. The van der Waals surface area contributed by atoms with Crippen molar-refractivity contribution in [1.29, 1.82) is 0 Å². The van der Waals surface area contributed by atoms with E-state index >= 15 is 0 Å². The highest BCUT2D eigenvalue weighted by molar-refractivity contribution is 9.10. The van der Waals surface area contributed by atoms with Crippen molar-refractivity contribution < 1.29 is 4.79 Å². The number of piperazine rings is 1. The smallest absolute Gasteiger partial charge is 0.234 e. The lowest BCUT2D eigenvalue weighted by Gasteiger charge is -2.35. The van der Waals surface area contributed by atoms with Gasteiger partial charge in [-0.25, -0.2) is 0 Å². The molecule has 0 radical (unpaired) electrons. The number of carbonyl (C=O) groups is 1. The second kappa shape index (κ2) is 9.99. The lowest BCUT2D eigenvalue weighted by molar-refractivity contribution is -0.113. The van der Waals surface area contributed by atoms with Gasteiger partial charge >= 0.3 is 0 Å². The van der Waals surface area contributed by atoms with Gasteiger partial charge in [-0.3, -0.25) is 4.79 Å². The number of aromatic nitrogens is 4. The van der Waals surface area contributed by atoms with E-state index in [1.165, 1.54) is 11.8 Å². The summed E-state index contributed by atoms with van der Waals surface area (Å²) in [5, 5.41) is 16.0. The third-order valence-electron chi connectivity index (χ3n) is 4.92. The summed E-state index contributed by atoms with van der Waals surface area (Å²) >= 11 is 10.9. The van der Waals surface area contributed by atoms with E-state index < -0.39 is 0 Å². The van der Waals surface area contributed by atoms with Gasteiger partial charge in [0, 0.05) is 35.7 Å². The SMILES string of the molecule is CN1CCN(c2ccc(Cl)cc2NC(=O)CSc2nnnn2-c2ccc(Br)cc2)CC1. The average Bonchev–Trinajstić information content (AvgIpc) is 3.22. The number of thioether (sulfide) groups is 1. The normalized spacial score (nSPS) is 14.6. The molecule has 3 aromatic rings. The number of rotatable bonds is 6. The zero-order chi connectivity index (χ0) is 21.8. The number of amides is 1. The molecule has 0 spiro atoms. The van der Waals surface area contributed by atoms with Gasteiger partial charge in [-0.1, -0.05) is 39.3 Å². The number of halogens is 2. The molecule has 1 fully saturated rings. The summed E-state index contributed by atoms with van der Waals surface area (Å²) < 4.78 is 2.58. The average molecular weight is 523 g/mol. The predicted octanol–water partition coefficient (Wildman–Crippen LogP) is 3.56. The molecule has 1 aromatic heterocycles. The summed E-state index contributed by atoms with van der Waals surface area (Å²) in [6.45, 7) is 3.75. The van der Waals surface area contributed by atoms with E-state index in [9.17, 15) is 4.79 Å². The Morgan fingerprint density at radius 1 is 1.16 bits per heavy atom. The zero-order valence-corrected chi connectivity index (χ0v) is 20.0. The standard InChI is InChI=1S/C20H21BrClN7OS/c1-27-8-10-28(11-9-27)18-7-4-15(22)12-17(18)23-19(30)13-31-20-24-25-26-29(20)16-5-2-14(21)3-6-16/h2-7,12H,8-11,13H2,1H3,(H,23,30). The van der Waals surface area contributed by atoms with Gasteiger partial charge < -0.3 is 15.1 Å². The third-order valence-corrected chi connectivity index (χ3v) is 6.60. The molecule has 2 heterocycles. The van der Waals surface area contributed by atoms with Crippen LogP contribution in [0.15, 0.2) is 52.1 Å². The van der Waals surface area contributed by atoms with Gasteiger partial charge in [-0.05, 0) is 59.9 Å². The van der Waals surface area contributed by atoms with Gasteiger partial charge in [0.1, 0.15) is 0 Å². The number of tetrazole rings is 1. The minimum absolute atomic E-state index is 0.145. The Hall–Kier alpha value is -2.14. The highest BCUT2D eigenvalue weighted by Crippen LogP contribution is 2.30. The first-order valence-corrected chi connectivity index (χ1v) is 11.9. The van der Waals surface area contributed by atoms with Crippen molar-refractivity contribution in [3.8, 4) is 5.69 Å². The van der Waals surface area contributed by atoms with E-state index in [1.54, 1.807) is 10.7 Å². The second-order valence-corrected chi connectivity index (χ2v) is 9.43. The van der Waals surface area contributed by atoms with Crippen molar-refractivity contribution >= 4 is 56.6 Å². The van der Waals surface area contributed by atoms with Gasteiger partial charge in [0.05, 0.1) is 22.8 Å². The first kappa shape index (κ1) is 22.1. The van der Waals surface area contributed by atoms with E-state index in [0.29, 0.717) is 10.2 Å². The van der Waals surface area contributed by atoms with E-state index in [1.807, 2.05) is 36.4 Å². The van der Waals surface area contributed by atoms with Crippen LogP contribution in [0.4, 0.5) is 11.4 Å². The van der Waals surface area contributed by atoms with E-state index in [2.05, 4.69) is 53.6 Å². The number of hydrogen-bond acceptors (Lipinski definition) is 7. The first-order chi connectivity index (χ1) is 15.0. The van der Waals surface area contributed by atoms with Crippen LogP contribution in [-0.4, -0.2) is 70.0 Å². The highest BCUT2D eigenvalue weighted by atomic mass is 79.9. The summed E-state index contributed by atoms with van der Waals surface area (Å²) in [7, 11) is 2.11. The number of nitrogens with zero attached hydrogens (tertiary/aromatic N) is 6. The molecule has 0 unspecified atom stereocenters. The van der Waals surface area contributed by atoms with Crippen LogP contribution in [0.3, 0.4) is 0 Å². The molecule has 0 bridgehead atoms. The fraction of sp³-hybridized carbons (Fsp3) is 0.300. The van der Waals surface area contributed by atoms with Gasteiger partial charge in [0.15, 0.2) is 0 Å². The topological polar surface area (TPSA) is 79.2 Å². The number of nitrogens with one attached hydrogen (secondary N) is 1. The van der Waals surface area contributed by atoms with Crippen LogP contribution in [0.2, 0.25) is 5.02 Å². The highest BCUT2D eigenvalue weighted by Gasteiger charge is 2.19. The summed E-state index contributed by atoms with van der Waals surface area (Å²) in [5.41, 5.74) is 2.52. The molecule has 4 rings (SSSR count). The van der Waals surface area contributed by atoms with Gasteiger partial charge in [0.2, 0.25) is 11.1 Å². The van der Waals surface area contributed by atoms with Crippen LogP contribution in [0.5, 0.6) is 0 Å². The van der Waals surface area contributed by atoms with Crippen molar-refractivity contribution in [2.24, 2.45) is 0 Å². The molecule has 2 aromatic carbocycles. The van der Waals surface area contributed by atoms with Crippen molar-refractivity contribution in [2.45, 2.75) is 5.16 Å². The summed E-state index contributed by atoms with van der Waals surface area (Å²) in [5.74, 6) is 0.0268. The number of benzene rings is 2. The maximum absolute atomic E-state index is 12.7. The molecular weight excluding hydrogens is 502 g/mol. The Kier molecular flexibility index (Phi) is 7.11. The van der Waals surface area contributed by atoms with Crippen molar-refractivity contribution in [3.05, 3.63) is 52.0 Å². The molecule has 1 saturated heterocycles. The Morgan fingerprint density at radius 2 is 1.90 bits per heavy atom. The fourth-order valence-electron chi connectivity index (χ4n) is 3.26. The molecule has 0 atom stereocenters. The molecule has 1 aliphatic rings. The Balaban J connectivity index is 1.43. The number of carbonyl (C=O) groups excluding carboxylic acids is 1. The van der Waals surface area contributed by atoms with Crippen molar-refractivity contribution in [1.82, 2.24) is 25.1 Å². The molecule has 8 nitrogen and oxygen atoms in total. The van der Waals surface area contributed by atoms with Crippen LogP contribution in [-0.2, 0) is 4.79 Å². The van der Waals surface area contributed by atoms with Crippen LogP contribution in [0.25, 0.3) is 5.69 Å². The lowest BCUT2D eigenvalue weighted by Crippen LogP contribution is -2.44. The first-order valence-electron chi connectivity index (χ1n) is 9.69. The Morgan fingerprint density at radius 3 is 2.65 bits per heavy atom. The second-order valence-electron chi connectivity index (χ2n) is 7.14. The van der Waals surface area contributed by atoms with Crippen LogP contribution in [0.1, 0.15) is 0 Å². The fourth-order valence-corrected chi connectivity index (χ4v) is 4.39. The van der Waals surface area contributed by atoms with E-state index in [0.717, 1.165) is 47.7 Å². The third kappa shape index (κ3) is 5.57. The zero-order valence-electron chi connectivity index (χ0n) is 16.8. The maximum Gasteiger partial charge on any atom is 0.234 e. The minimum Gasteiger partial charge on any atom is -0.367 e. The molecule has 162 valence electrons. The summed E-state index contributed by atoms with van der Waals surface area (Å²) in [6.07, 6.45) is 0. The van der Waals surface area contributed by atoms with Gasteiger partial charge in [-0.2, -0.15) is 4.68 Å². The summed E-state index contributed by atoms with van der Waals surface area (Å²) in [6, 6.07) is 13.2. The molecular formula is C20H21BrClN7OS. The number of hydrogen-bond donors (Lipinski definition) is 1. The number of likely N-dealkylation sites (N-methyl/N-ethyl adjacent to an activating group) is 1. The molecule has 1 amide bonds. The molecule has 1 aliphatic heterocycles. The molecule has 11 heteroatoms. The van der Waals surface area contributed by atoms with Crippen molar-refractivity contribution in [3.63, 3.8) is 0 Å². The van der Waals surface area contributed by atoms with Gasteiger partial charge in [-0.15, -0.1) is 5.10 Å². The molecule has 31 heavy (non-hydrogen) atoms. The maximum atomic E-state index is 12.7. The van der Waals surface area contributed by atoms with E-state index in [4.69, 9.17) is 11.6 Å². The van der Waals surface area contributed by atoms with E-state index in [-0.39, 0.29) is 11.7 Å². The largest absolute Gasteiger partial charge is 0.367 e.